The van der Waals surface area contributed by atoms with Crippen LogP contribution in [-0.4, -0.2) is 25.7 Å². The van der Waals surface area contributed by atoms with E-state index in [4.69, 9.17) is 9.47 Å². The van der Waals surface area contributed by atoms with Crippen molar-refractivity contribution in [2.45, 2.75) is 38.8 Å². The molecule has 0 saturated heterocycles. The van der Waals surface area contributed by atoms with Crippen LogP contribution in [0.1, 0.15) is 32.8 Å². The Bertz CT molecular complexity index is 483. The molecule has 116 valence electrons. The van der Waals surface area contributed by atoms with Crippen molar-refractivity contribution in [3.63, 3.8) is 0 Å². The molecular formula is C17H25NO3. The first-order chi connectivity index (χ1) is 9.92. The van der Waals surface area contributed by atoms with Gasteiger partial charge in [-0.05, 0) is 33.3 Å². The van der Waals surface area contributed by atoms with Crippen molar-refractivity contribution in [3.05, 3.63) is 42.5 Å². The van der Waals surface area contributed by atoms with Crippen LogP contribution in [0.2, 0.25) is 0 Å². The molecule has 0 heterocycles. The minimum atomic E-state index is -0.542. The van der Waals surface area contributed by atoms with Crippen molar-refractivity contribution in [1.29, 1.82) is 0 Å². The third kappa shape index (κ3) is 4.90. The Morgan fingerprint density at radius 3 is 2.71 bits per heavy atom. The standard InChI is InChI=1S/C17H25NO3/c1-6-7-12-21-13(2)16(19)18-17(3,4)14-10-8-9-11-15(14)20-5/h6,8-11,13H,1,7,12H2,2-5H3,(H,18,19). The topological polar surface area (TPSA) is 47.6 Å². The van der Waals surface area contributed by atoms with Crippen molar-refractivity contribution < 1.29 is 14.3 Å². The molecule has 0 spiro atoms. The molecule has 0 bridgehead atoms. The number of para-hydroxylation sites is 1. The summed E-state index contributed by atoms with van der Waals surface area (Å²) in [5, 5.41) is 3.00. The molecule has 0 radical (unpaired) electrons. The Balaban J connectivity index is 2.74. The lowest BCUT2D eigenvalue weighted by atomic mass is 9.93. The Morgan fingerprint density at radius 1 is 1.43 bits per heavy atom. The number of hydrogen-bond acceptors (Lipinski definition) is 3. The average Bonchev–Trinajstić information content (AvgIpc) is 2.46. The van der Waals surface area contributed by atoms with Crippen LogP contribution < -0.4 is 10.1 Å². The summed E-state index contributed by atoms with van der Waals surface area (Å²) in [6.45, 7) is 9.75. The van der Waals surface area contributed by atoms with Gasteiger partial charge in [0.2, 0.25) is 5.91 Å². The fourth-order valence-electron chi connectivity index (χ4n) is 2.04. The van der Waals surface area contributed by atoms with Crippen LogP contribution in [0.3, 0.4) is 0 Å². The Morgan fingerprint density at radius 2 is 2.10 bits per heavy atom. The van der Waals surface area contributed by atoms with E-state index in [1.165, 1.54) is 0 Å². The molecule has 0 aliphatic carbocycles. The highest BCUT2D eigenvalue weighted by molar-refractivity contribution is 5.81. The summed E-state index contributed by atoms with van der Waals surface area (Å²) in [6.07, 6.45) is 2.00. The predicted octanol–water partition coefficient (Wildman–Crippen LogP) is 3.03. The maximum atomic E-state index is 12.2. The quantitative estimate of drug-likeness (QED) is 0.591. The molecule has 1 amide bonds. The molecule has 1 aromatic carbocycles. The number of hydrogen-bond donors (Lipinski definition) is 1. The normalized spacial score (nSPS) is 12.6. The third-order valence-corrected chi connectivity index (χ3v) is 3.28. The predicted molar refractivity (Wildman–Crippen MR) is 84.4 cm³/mol. The highest BCUT2D eigenvalue weighted by atomic mass is 16.5. The van der Waals surface area contributed by atoms with Gasteiger partial charge in [0.1, 0.15) is 11.9 Å². The van der Waals surface area contributed by atoms with Crippen molar-refractivity contribution in [1.82, 2.24) is 5.32 Å². The molecule has 1 unspecified atom stereocenters. The monoisotopic (exact) mass is 291 g/mol. The molecule has 4 nitrogen and oxygen atoms in total. The maximum Gasteiger partial charge on any atom is 0.249 e. The van der Waals surface area contributed by atoms with Gasteiger partial charge in [0.25, 0.3) is 0 Å². The summed E-state index contributed by atoms with van der Waals surface area (Å²) in [6, 6.07) is 7.66. The molecule has 0 saturated carbocycles. The SMILES string of the molecule is C=CCCOC(C)C(=O)NC(C)(C)c1ccccc1OC. The van der Waals surface area contributed by atoms with Gasteiger partial charge in [-0.3, -0.25) is 4.79 Å². The van der Waals surface area contributed by atoms with Gasteiger partial charge in [0.05, 0.1) is 19.3 Å². The zero-order valence-corrected chi connectivity index (χ0v) is 13.3. The molecule has 1 aromatic rings. The van der Waals surface area contributed by atoms with Crippen molar-refractivity contribution in [3.8, 4) is 5.75 Å². The fraction of sp³-hybridized carbons (Fsp3) is 0.471. The lowest BCUT2D eigenvalue weighted by molar-refractivity contribution is -0.133. The Kier molecular flexibility index (Phi) is 6.43. The molecule has 1 N–H and O–H groups in total. The van der Waals surface area contributed by atoms with E-state index in [2.05, 4.69) is 11.9 Å². The molecule has 21 heavy (non-hydrogen) atoms. The van der Waals surface area contributed by atoms with E-state index in [9.17, 15) is 4.79 Å². The van der Waals surface area contributed by atoms with Crippen LogP contribution in [0.5, 0.6) is 5.75 Å². The molecule has 1 atom stereocenters. The van der Waals surface area contributed by atoms with Gasteiger partial charge in [-0.15, -0.1) is 6.58 Å². The number of benzene rings is 1. The average molecular weight is 291 g/mol. The van der Waals surface area contributed by atoms with Gasteiger partial charge in [0, 0.05) is 5.56 Å². The number of carbonyl (C=O) groups excluding carboxylic acids is 1. The molecule has 0 aliphatic heterocycles. The summed E-state index contributed by atoms with van der Waals surface area (Å²) in [7, 11) is 1.62. The van der Waals surface area contributed by atoms with Crippen LogP contribution in [0.15, 0.2) is 36.9 Å². The van der Waals surface area contributed by atoms with Crippen LogP contribution in [0.4, 0.5) is 0 Å². The lowest BCUT2D eigenvalue weighted by Crippen LogP contribution is -2.46. The molecule has 0 aromatic heterocycles. The number of methoxy groups -OCH3 is 1. The van der Waals surface area contributed by atoms with Gasteiger partial charge < -0.3 is 14.8 Å². The van der Waals surface area contributed by atoms with Gasteiger partial charge >= 0.3 is 0 Å². The zero-order chi connectivity index (χ0) is 15.9. The second kappa shape index (κ2) is 7.84. The number of nitrogens with one attached hydrogen (secondary N) is 1. The Labute approximate surface area is 127 Å². The molecule has 1 rings (SSSR count). The second-order valence-corrected chi connectivity index (χ2v) is 5.40. The van der Waals surface area contributed by atoms with Gasteiger partial charge in [-0.2, -0.15) is 0 Å². The summed E-state index contributed by atoms with van der Waals surface area (Å²) >= 11 is 0. The van der Waals surface area contributed by atoms with Crippen LogP contribution in [-0.2, 0) is 15.1 Å². The highest BCUT2D eigenvalue weighted by Crippen LogP contribution is 2.29. The van der Waals surface area contributed by atoms with Crippen molar-refractivity contribution in [2.24, 2.45) is 0 Å². The number of amides is 1. The minimum absolute atomic E-state index is 0.144. The number of carbonyl (C=O) groups is 1. The largest absolute Gasteiger partial charge is 0.496 e. The first-order valence-electron chi connectivity index (χ1n) is 7.10. The van der Waals surface area contributed by atoms with E-state index in [1.54, 1.807) is 20.1 Å². The molecule has 0 aliphatic rings. The van der Waals surface area contributed by atoms with Gasteiger partial charge in [-0.1, -0.05) is 24.3 Å². The lowest BCUT2D eigenvalue weighted by Gasteiger charge is -2.29. The maximum absolute atomic E-state index is 12.2. The minimum Gasteiger partial charge on any atom is -0.496 e. The fourth-order valence-corrected chi connectivity index (χ4v) is 2.04. The molecule has 0 fully saturated rings. The van der Waals surface area contributed by atoms with Crippen LogP contribution in [0, 0.1) is 0 Å². The molecule has 4 heteroatoms. The summed E-state index contributed by atoms with van der Waals surface area (Å²) in [5.74, 6) is 0.609. The smallest absolute Gasteiger partial charge is 0.249 e. The number of ether oxygens (including phenoxy) is 2. The van der Waals surface area contributed by atoms with Crippen LogP contribution in [0.25, 0.3) is 0 Å². The first-order valence-corrected chi connectivity index (χ1v) is 7.10. The van der Waals surface area contributed by atoms with E-state index in [0.29, 0.717) is 6.61 Å². The van der Waals surface area contributed by atoms with E-state index in [0.717, 1.165) is 17.7 Å². The van der Waals surface area contributed by atoms with E-state index in [1.807, 2.05) is 38.1 Å². The Hall–Kier alpha value is -1.81. The van der Waals surface area contributed by atoms with E-state index >= 15 is 0 Å². The first kappa shape index (κ1) is 17.2. The summed E-state index contributed by atoms with van der Waals surface area (Å²) in [5.41, 5.74) is 0.388. The number of rotatable bonds is 8. The van der Waals surface area contributed by atoms with Crippen molar-refractivity contribution >= 4 is 5.91 Å². The highest BCUT2D eigenvalue weighted by Gasteiger charge is 2.28. The van der Waals surface area contributed by atoms with Crippen LogP contribution >= 0.6 is 0 Å². The third-order valence-electron chi connectivity index (χ3n) is 3.28. The van der Waals surface area contributed by atoms with E-state index < -0.39 is 11.6 Å². The molecular weight excluding hydrogens is 266 g/mol. The van der Waals surface area contributed by atoms with Gasteiger partial charge in [-0.25, -0.2) is 0 Å². The zero-order valence-electron chi connectivity index (χ0n) is 13.3. The van der Waals surface area contributed by atoms with Gasteiger partial charge in [0.15, 0.2) is 0 Å². The van der Waals surface area contributed by atoms with Crippen molar-refractivity contribution in [2.75, 3.05) is 13.7 Å². The second-order valence-electron chi connectivity index (χ2n) is 5.40. The summed E-state index contributed by atoms with van der Waals surface area (Å²) < 4.78 is 10.8. The van der Waals surface area contributed by atoms with E-state index in [-0.39, 0.29) is 5.91 Å². The summed E-state index contributed by atoms with van der Waals surface area (Å²) in [4.78, 5) is 12.2.